The normalized spacial score (nSPS) is 34.6. The van der Waals surface area contributed by atoms with Crippen LogP contribution in [0.25, 0.3) is 0 Å². The molecular weight excluding hydrogens is 210 g/mol. The van der Waals surface area contributed by atoms with Crippen molar-refractivity contribution in [2.45, 2.75) is 84.6 Å². The fourth-order valence-electron chi connectivity index (χ4n) is 3.03. The second kappa shape index (κ2) is 7.13. The Hall–Kier alpha value is -0.400. The van der Waals surface area contributed by atoms with E-state index in [1.807, 2.05) is 6.92 Å². The van der Waals surface area contributed by atoms with Gasteiger partial charge in [0.25, 0.3) is 0 Å². The first kappa shape index (κ1) is 14.7. The predicted molar refractivity (Wildman–Crippen MR) is 74.1 cm³/mol. The molecule has 0 radical (unpaired) electrons. The molecule has 2 heteroatoms. The van der Waals surface area contributed by atoms with Gasteiger partial charge < -0.3 is 0 Å². The number of nitroso groups, excluding NO2 is 1. The predicted octanol–water partition coefficient (Wildman–Crippen LogP) is 5.31. The van der Waals surface area contributed by atoms with Crippen molar-refractivity contribution in [2.24, 2.45) is 16.5 Å². The van der Waals surface area contributed by atoms with Crippen molar-refractivity contribution in [3.63, 3.8) is 0 Å². The van der Waals surface area contributed by atoms with Gasteiger partial charge in [0.1, 0.15) is 0 Å². The molecule has 0 aliphatic heterocycles. The summed E-state index contributed by atoms with van der Waals surface area (Å²) in [5, 5.41) is 3.30. The monoisotopic (exact) mass is 239 g/mol. The minimum absolute atomic E-state index is 0.0272. The molecule has 0 bridgehead atoms. The van der Waals surface area contributed by atoms with Gasteiger partial charge in [-0.25, -0.2) is 0 Å². The molecule has 1 aliphatic carbocycles. The molecule has 0 heterocycles. The minimum atomic E-state index is -0.0272. The van der Waals surface area contributed by atoms with E-state index in [9.17, 15) is 4.91 Å². The van der Waals surface area contributed by atoms with Crippen molar-refractivity contribution >= 4 is 0 Å². The summed E-state index contributed by atoms with van der Waals surface area (Å²) in [6.07, 6.45) is 11.6. The van der Waals surface area contributed by atoms with Crippen LogP contribution in [-0.4, -0.2) is 6.04 Å². The summed E-state index contributed by atoms with van der Waals surface area (Å²) in [5.74, 6) is 0.890. The summed E-state index contributed by atoms with van der Waals surface area (Å²) >= 11 is 0. The first-order chi connectivity index (χ1) is 8.08. The van der Waals surface area contributed by atoms with Crippen LogP contribution in [0.4, 0.5) is 0 Å². The van der Waals surface area contributed by atoms with Crippen molar-refractivity contribution in [1.29, 1.82) is 0 Å². The molecule has 0 spiro atoms. The summed E-state index contributed by atoms with van der Waals surface area (Å²) in [4.78, 5) is 10.8. The highest BCUT2D eigenvalue weighted by Gasteiger charge is 2.31. The molecule has 1 saturated carbocycles. The Morgan fingerprint density at radius 3 is 2.18 bits per heavy atom. The molecular formula is C15H29NO. The molecule has 2 nitrogen and oxygen atoms in total. The highest BCUT2D eigenvalue weighted by atomic mass is 16.3. The SMILES string of the molecule is CC1CCCCCC(C)(C(C)N=O)CCCC1. The van der Waals surface area contributed by atoms with Gasteiger partial charge in [-0.15, -0.1) is 0 Å². The van der Waals surface area contributed by atoms with Crippen LogP contribution in [0.5, 0.6) is 0 Å². The number of hydrogen-bond donors (Lipinski definition) is 0. The van der Waals surface area contributed by atoms with Gasteiger partial charge in [-0.1, -0.05) is 64.0 Å². The highest BCUT2D eigenvalue weighted by Crippen LogP contribution is 2.37. The molecule has 3 unspecified atom stereocenters. The second-order valence-electron chi connectivity index (χ2n) is 6.39. The molecule has 0 amide bonds. The Morgan fingerprint density at radius 2 is 1.59 bits per heavy atom. The Balaban J connectivity index is 2.56. The maximum atomic E-state index is 10.8. The van der Waals surface area contributed by atoms with Crippen LogP contribution in [0.15, 0.2) is 5.18 Å². The maximum Gasteiger partial charge on any atom is 0.0945 e. The Morgan fingerprint density at radius 1 is 1.06 bits per heavy atom. The lowest BCUT2D eigenvalue weighted by Crippen LogP contribution is -2.28. The Kier molecular flexibility index (Phi) is 6.15. The average Bonchev–Trinajstić information content (AvgIpc) is 2.35. The topological polar surface area (TPSA) is 29.4 Å². The van der Waals surface area contributed by atoms with Crippen molar-refractivity contribution in [3.8, 4) is 0 Å². The van der Waals surface area contributed by atoms with E-state index in [4.69, 9.17) is 0 Å². The number of rotatable bonds is 2. The van der Waals surface area contributed by atoms with Crippen molar-refractivity contribution < 1.29 is 0 Å². The molecule has 1 aliphatic rings. The largest absolute Gasteiger partial charge is 0.151 e. The van der Waals surface area contributed by atoms with Gasteiger partial charge >= 0.3 is 0 Å². The van der Waals surface area contributed by atoms with Crippen molar-refractivity contribution in [1.82, 2.24) is 0 Å². The minimum Gasteiger partial charge on any atom is -0.151 e. The zero-order valence-corrected chi connectivity index (χ0v) is 11.9. The average molecular weight is 239 g/mol. The zero-order valence-electron chi connectivity index (χ0n) is 11.9. The summed E-state index contributed by atoms with van der Waals surface area (Å²) in [6, 6.07) is -0.0272. The van der Waals surface area contributed by atoms with Crippen molar-refractivity contribution in [3.05, 3.63) is 4.91 Å². The molecule has 0 N–H and O–H groups in total. The van der Waals surface area contributed by atoms with Gasteiger partial charge in [-0.2, -0.15) is 4.91 Å². The molecule has 0 saturated heterocycles. The van der Waals surface area contributed by atoms with Crippen LogP contribution in [0.3, 0.4) is 0 Å². The third kappa shape index (κ3) is 4.77. The zero-order chi connectivity index (χ0) is 12.7. The molecule has 0 aromatic rings. The van der Waals surface area contributed by atoms with E-state index in [-0.39, 0.29) is 11.5 Å². The maximum absolute atomic E-state index is 10.8. The fourth-order valence-corrected chi connectivity index (χ4v) is 3.03. The van der Waals surface area contributed by atoms with Crippen LogP contribution < -0.4 is 0 Å². The highest BCUT2D eigenvalue weighted by molar-refractivity contribution is 4.85. The van der Waals surface area contributed by atoms with Crippen LogP contribution in [0.2, 0.25) is 0 Å². The summed E-state index contributed by atoms with van der Waals surface area (Å²) in [5.41, 5.74) is 0.148. The third-order valence-electron chi connectivity index (χ3n) is 4.81. The van der Waals surface area contributed by atoms with E-state index >= 15 is 0 Å². The van der Waals surface area contributed by atoms with Gasteiger partial charge in [0.05, 0.1) is 6.04 Å². The first-order valence-electron chi connectivity index (χ1n) is 7.41. The number of nitrogens with zero attached hydrogens (tertiary/aromatic N) is 1. The van der Waals surface area contributed by atoms with E-state index in [0.29, 0.717) is 0 Å². The first-order valence-corrected chi connectivity index (χ1v) is 7.41. The van der Waals surface area contributed by atoms with Gasteiger partial charge in [0.15, 0.2) is 0 Å². The Bertz CT molecular complexity index is 229. The van der Waals surface area contributed by atoms with Crippen LogP contribution in [0, 0.1) is 16.2 Å². The fraction of sp³-hybridized carbons (Fsp3) is 1.00. The second-order valence-corrected chi connectivity index (χ2v) is 6.39. The molecule has 0 aromatic carbocycles. The van der Waals surface area contributed by atoms with Gasteiger partial charge in [-0.3, -0.25) is 0 Å². The lowest BCUT2D eigenvalue weighted by molar-refractivity contribution is 0.210. The van der Waals surface area contributed by atoms with Crippen molar-refractivity contribution in [2.75, 3.05) is 0 Å². The molecule has 0 aromatic heterocycles. The molecule has 100 valence electrons. The van der Waals surface area contributed by atoms with Gasteiger partial charge in [0, 0.05) is 0 Å². The van der Waals surface area contributed by atoms with Crippen LogP contribution in [0.1, 0.15) is 78.6 Å². The summed E-state index contributed by atoms with van der Waals surface area (Å²) in [6.45, 7) is 6.64. The summed E-state index contributed by atoms with van der Waals surface area (Å²) < 4.78 is 0. The van der Waals surface area contributed by atoms with E-state index in [2.05, 4.69) is 19.0 Å². The molecule has 17 heavy (non-hydrogen) atoms. The lowest BCUT2D eigenvalue weighted by atomic mass is 9.75. The summed E-state index contributed by atoms with van der Waals surface area (Å²) in [7, 11) is 0. The molecule has 1 fully saturated rings. The van der Waals surface area contributed by atoms with Gasteiger partial charge in [0.2, 0.25) is 0 Å². The van der Waals surface area contributed by atoms with Crippen LogP contribution in [-0.2, 0) is 0 Å². The van der Waals surface area contributed by atoms with Crippen LogP contribution >= 0.6 is 0 Å². The quantitative estimate of drug-likeness (QED) is 0.600. The number of hydrogen-bond acceptors (Lipinski definition) is 2. The molecule has 3 atom stereocenters. The smallest absolute Gasteiger partial charge is 0.0945 e. The van der Waals surface area contributed by atoms with Gasteiger partial charge in [-0.05, 0) is 31.1 Å². The third-order valence-corrected chi connectivity index (χ3v) is 4.81. The van der Waals surface area contributed by atoms with E-state index in [0.717, 1.165) is 5.92 Å². The lowest BCUT2D eigenvalue weighted by Gasteiger charge is -2.32. The van der Waals surface area contributed by atoms with E-state index in [1.165, 1.54) is 57.8 Å². The standard InChI is InChI=1S/C15H29NO/c1-13-9-5-4-7-11-15(3,14(2)16-17)12-8-6-10-13/h13-14H,4-12H2,1-3H3. The van der Waals surface area contributed by atoms with E-state index in [1.54, 1.807) is 0 Å². The Labute approximate surface area is 107 Å². The molecule has 1 rings (SSSR count). The van der Waals surface area contributed by atoms with E-state index < -0.39 is 0 Å².